The van der Waals surface area contributed by atoms with Crippen molar-refractivity contribution >= 4 is 5.91 Å². The molecule has 0 spiro atoms. The van der Waals surface area contributed by atoms with E-state index in [9.17, 15) is 18.0 Å². The van der Waals surface area contributed by atoms with Crippen molar-refractivity contribution in [3.8, 4) is 11.8 Å². The van der Waals surface area contributed by atoms with Crippen LogP contribution in [0.15, 0.2) is 24.4 Å². The molecule has 2 heterocycles. The maximum atomic E-state index is 13.1. The molecule has 4 rings (SSSR count). The van der Waals surface area contributed by atoms with Crippen molar-refractivity contribution < 1.29 is 22.7 Å². The fraction of sp³-hybridized carbons (Fsp3) is 0.500. The summed E-state index contributed by atoms with van der Waals surface area (Å²) in [5.41, 5.74) is 1.86. The molecule has 1 atom stereocenters. The largest absolute Gasteiger partial charge is 0.480 e. The van der Waals surface area contributed by atoms with Crippen LogP contribution < -0.4 is 4.74 Å². The van der Waals surface area contributed by atoms with E-state index in [2.05, 4.69) is 5.10 Å². The molecule has 1 aliphatic heterocycles. The Balaban J connectivity index is 1.50. The van der Waals surface area contributed by atoms with Gasteiger partial charge in [-0.05, 0) is 43.9 Å². The van der Waals surface area contributed by atoms with Gasteiger partial charge >= 0.3 is 6.18 Å². The Morgan fingerprint density at radius 2 is 2.06 bits per heavy atom. The highest BCUT2D eigenvalue weighted by molar-refractivity contribution is 5.97. The van der Waals surface area contributed by atoms with Crippen molar-refractivity contribution in [3.05, 3.63) is 46.8 Å². The summed E-state index contributed by atoms with van der Waals surface area (Å²) >= 11 is 0. The number of ether oxygens (including phenoxy) is 1. The molecule has 2 aliphatic rings. The van der Waals surface area contributed by atoms with E-state index in [4.69, 9.17) is 10.00 Å². The zero-order valence-electron chi connectivity index (χ0n) is 17.2. The van der Waals surface area contributed by atoms with E-state index in [1.165, 1.54) is 48.8 Å². The summed E-state index contributed by atoms with van der Waals surface area (Å²) in [7, 11) is 0. The van der Waals surface area contributed by atoms with Crippen LogP contribution >= 0.6 is 0 Å². The van der Waals surface area contributed by atoms with Crippen LogP contribution in [-0.4, -0.2) is 32.9 Å². The summed E-state index contributed by atoms with van der Waals surface area (Å²) in [6.45, 7) is 2.35. The standard InChI is InChI=1S/C22H23F3N4O2/c1-14(22(23,24)25)31-20-7-6-16(9-26)8-18(20)21(30)28-11-17-12-29(27-19(17)13-28)10-15-4-2-3-5-15/h6-8,12,14-15H,2-5,10-11,13H2,1H3. The van der Waals surface area contributed by atoms with Gasteiger partial charge in [0.15, 0.2) is 6.10 Å². The molecule has 164 valence electrons. The molecular weight excluding hydrogens is 409 g/mol. The van der Waals surface area contributed by atoms with Gasteiger partial charge in [0.25, 0.3) is 5.91 Å². The Hall–Kier alpha value is -3.02. The lowest BCUT2D eigenvalue weighted by Gasteiger charge is -2.22. The highest BCUT2D eigenvalue weighted by atomic mass is 19.4. The molecule has 0 saturated heterocycles. The number of hydrogen-bond acceptors (Lipinski definition) is 4. The monoisotopic (exact) mass is 432 g/mol. The number of nitriles is 1. The number of rotatable bonds is 5. The minimum absolute atomic E-state index is 0.0564. The third-order valence-corrected chi connectivity index (χ3v) is 5.94. The topological polar surface area (TPSA) is 71.2 Å². The van der Waals surface area contributed by atoms with Crippen LogP contribution in [0.2, 0.25) is 0 Å². The van der Waals surface area contributed by atoms with Crippen molar-refractivity contribution in [2.75, 3.05) is 0 Å². The number of benzene rings is 1. The summed E-state index contributed by atoms with van der Waals surface area (Å²) in [4.78, 5) is 14.6. The number of nitrogens with zero attached hydrogens (tertiary/aromatic N) is 4. The number of amides is 1. The lowest BCUT2D eigenvalue weighted by atomic mass is 10.1. The Bertz CT molecular complexity index is 995. The van der Waals surface area contributed by atoms with E-state index >= 15 is 0 Å². The first-order valence-electron chi connectivity index (χ1n) is 10.4. The number of aromatic nitrogens is 2. The van der Waals surface area contributed by atoms with Gasteiger partial charge in [-0.1, -0.05) is 12.8 Å². The van der Waals surface area contributed by atoms with E-state index in [1.54, 1.807) is 0 Å². The van der Waals surface area contributed by atoms with Crippen LogP contribution in [0.25, 0.3) is 0 Å². The van der Waals surface area contributed by atoms with E-state index in [0.29, 0.717) is 12.5 Å². The molecule has 31 heavy (non-hydrogen) atoms. The van der Waals surface area contributed by atoms with Gasteiger partial charge in [0.2, 0.25) is 0 Å². The number of fused-ring (bicyclic) bond motifs is 1. The van der Waals surface area contributed by atoms with Crippen molar-refractivity contribution in [1.82, 2.24) is 14.7 Å². The first-order valence-corrected chi connectivity index (χ1v) is 10.4. The third-order valence-electron chi connectivity index (χ3n) is 5.94. The van der Waals surface area contributed by atoms with Crippen molar-refractivity contribution in [3.63, 3.8) is 0 Å². The average molecular weight is 432 g/mol. The van der Waals surface area contributed by atoms with Crippen LogP contribution in [0.5, 0.6) is 5.75 Å². The van der Waals surface area contributed by atoms with Gasteiger partial charge in [0.1, 0.15) is 5.75 Å². The van der Waals surface area contributed by atoms with Gasteiger partial charge < -0.3 is 9.64 Å². The van der Waals surface area contributed by atoms with Crippen LogP contribution in [0.3, 0.4) is 0 Å². The zero-order chi connectivity index (χ0) is 22.2. The highest BCUT2D eigenvalue weighted by Gasteiger charge is 2.39. The van der Waals surface area contributed by atoms with Crippen molar-refractivity contribution in [1.29, 1.82) is 5.26 Å². The molecule has 1 aliphatic carbocycles. The molecule has 6 nitrogen and oxygen atoms in total. The highest BCUT2D eigenvalue weighted by Crippen LogP contribution is 2.32. The van der Waals surface area contributed by atoms with Crippen molar-refractivity contribution in [2.24, 2.45) is 5.92 Å². The molecule has 0 N–H and O–H groups in total. The van der Waals surface area contributed by atoms with E-state index in [0.717, 1.165) is 24.7 Å². The van der Waals surface area contributed by atoms with Crippen LogP contribution in [-0.2, 0) is 19.6 Å². The number of carbonyl (C=O) groups excluding carboxylic acids is 1. The molecule has 1 aromatic heterocycles. The Morgan fingerprint density at radius 3 is 2.71 bits per heavy atom. The number of carbonyl (C=O) groups is 1. The van der Waals surface area contributed by atoms with Crippen LogP contribution in [0, 0.1) is 17.2 Å². The lowest BCUT2D eigenvalue weighted by Crippen LogP contribution is -2.32. The molecule has 9 heteroatoms. The Kier molecular flexibility index (Phi) is 5.65. The fourth-order valence-corrected chi connectivity index (χ4v) is 4.20. The molecule has 1 fully saturated rings. The molecule has 1 unspecified atom stereocenters. The molecular formula is C22H23F3N4O2. The Labute approximate surface area is 178 Å². The number of halogens is 3. The van der Waals surface area contributed by atoms with E-state index in [-0.39, 0.29) is 23.4 Å². The summed E-state index contributed by atoms with van der Waals surface area (Å²) < 4.78 is 45.8. The number of alkyl halides is 3. The predicted molar refractivity (Wildman–Crippen MR) is 105 cm³/mol. The summed E-state index contributed by atoms with van der Waals surface area (Å²) in [5.74, 6) is -0.0340. The first kappa shape index (κ1) is 21.2. The predicted octanol–water partition coefficient (Wildman–Crippen LogP) is 4.43. The van der Waals surface area contributed by atoms with Gasteiger partial charge in [-0.2, -0.15) is 23.5 Å². The fourth-order valence-electron chi connectivity index (χ4n) is 4.20. The first-order chi connectivity index (χ1) is 14.7. The average Bonchev–Trinajstić information content (AvgIpc) is 3.44. The zero-order valence-corrected chi connectivity index (χ0v) is 17.2. The summed E-state index contributed by atoms with van der Waals surface area (Å²) in [6, 6.07) is 5.76. The smallest absolute Gasteiger partial charge is 0.425 e. The van der Waals surface area contributed by atoms with Gasteiger partial charge in [0, 0.05) is 24.8 Å². The molecule has 0 bridgehead atoms. The molecule has 2 aromatic rings. The Morgan fingerprint density at radius 1 is 1.32 bits per heavy atom. The summed E-state index contributed by atoms with van der Waals surface area (Å²) in [5, 5.41) is 13.8. The molecule has 1 aromatic carbocycles. The lowest BCUT2D eigenvalue weighted by molar-refractivity contribution is -0.189. The van der Waals surface area contributed by atoms with Crippen molar-refractivity contribution in [2.45, 2.75) is 64.5 Å². The second-order valence-electron chi connectivity index (χ2n) is 8.26. The maximum Gasteiger partial charge on any atom is 0.425 e. The van der Waals surface area contributed by atoms with Gasteiger partial charge in [-0.15, -0.1) is 0 Å². The minimum atomic E-state index is -4.57. The third kappa shape index (κ3) is 4.53. The minimum Gasteiger partial charge on any atom is -0.480 e. The molecule has 1 amide bonds. The van der Waals surface area contributed by atoms with Crippen LogP contribution in [0.1, 0.15) is 59.8 Å². The second kappa shape index (κ2) is 8.25. The quantitative estimate of drug-likeness (QED) is 0.701. The molecule has 1 saturated carbocycles. The van der Waals surface area contributed by atoms with Gasteiger partial charge in [-0.3, -0.25) is 9.48 Å². The SMILES string of the molecule is CC(Oc1ccc(C#N)cc1C(=O)N1Cc2cn(CC3CCCC3)nc2C1)C(F)(F)F. The van der Waals surface area contributed by atoms with Crippen LogP contribution in [0.4, 0.5) is 13.2 Å². The van der Waals surface area contributed by atoms with Gasteiger partial charge in [-0.25, -0.2) is 0 Å². The number of hydrogen-bond donors (Lipinski definition) is 0. The van der Waals surface area contributed by atoms with Gasteiger partial charge in [0.05, 0.1) is 29.4 Å². The molecule has 0 radical (unpaired) electrons. The normalized spacial score (nSPS) is 17.5. The summed E-state index contributed by atoms with van der Waals surface area (Å²) in [6.07, 6.45) is 0.241. The van der Waals surface area contributed by atoms with E-state index in [1.807, 2.05) is 16.9 Å². The van der Waals surface area contributed by atoms with E-state index < -0.39 is 18.2 Å². The maximum absolute atomic E-state index is 13.1. The second-order valence-corrected chi connectivity index (χ2v) is 8.26.